The average molecular weight is 336 g/mol. The highest BCUT2D eigenvalue weighted by Gasteiger charge is 2.24. The van der Waals surface area contributed by atoms with Crippen LogP contribution in [0.3, 0.4) is 0 Å². The summed E-state index contributed by atoms with van der Waals surface area (Å²) in [6, 6.07) is 6.73. The summed E-state index contributed by atoms with van der Waals surface area (Å²) in [6.45, 7) is 1.89. The van der Waals surface area contributed by atoms with Crippen molar-refractivity contribution in [2.45, 2.75) is 19.4 Å². The van der Waals surface area contributed by atoms with Crippen molar-refractivity contribution in [2.24, 2.45) is 5.73 Å². The van der Waals surface area contributed by atoms with Crippen molar-refractivity contribution in [3.63, 3.8) is 0 Å². The van der Waals surface area contributed by atoms with Crippen LogP contribution in [0.15, 0.2) is 36.4 Å². The van der Waals surface area contributed by atoms with Gasteiger partial charge in [-0.15, -0.1) is 0 Å². The molecule has 0 saturated heterocycles. The van der Waals surface area contributed by atoms with Gasteiger partial charge in [-0.25, -0.2) is 13.2 Å². The molecule has 0 aliphatic heterocycles. The van der Waals surface area contributed by atoms with Gasteiger partial charge in [0.05, 0.1) is 0 Å². The SMILES string of the molecule is Cc1ccc(C[C@H](NC(=O)c2c(F)cc(F)cc2F)C(N)=O)cc1. The molecular weight excluding hydrogens is 321 g/mol. The number of carbonyl (C=O) groups is 2. The van der Waals surface area contributed by atoms with Gasteiger partial charge in [-0.2, -0.15) is 0 Å². The molecule has 4 nitrogen and oxygen atoms in total. The number of benzene rings is 2. The fraction of sp³-hybridized carbons (Fsp3) is 0.176. The molecule has 0 spiro atoms. The smallest absolute Gasteiger partial charge is 0.257 e. The highest BCUT2D eigenvalue weighted by molar-refractivity contribution is 5.97. The fourth-order valence-electron chi connectivity index (χ4n) is 2.17. The summed E-state index contributed by atoms with van der Waals surface area (Å²) in [5.41, 5.74) is 5.99. The summed E-state index contributed by atoms with van der Waals surface area (Å²) < 4.78 is 40.2. The summed E-state index contributed by atoms with van der Waals surface area (Å²) in [5, 5.41) is 2.18. The number of rotatable bonds is 5. The minimum Gasteiger partial charge on any atom is -0.368 e. The van der Waals surface area contributed by atoms with Gasteiger partial charge in [0.25, 0.3) is 5.91 Å². The largest absolute Gasteiger partial charge is 0.368 e. The number of halogens is 3. The van der Waals surface area contributed by atoms with Crippen LogP contribution in [0.4, 0.5) is 13.2 Å². The van der Waals surface area contributed by atoms with Crippen LogP contribution in [0, 0.1) is 24.4 Å². The molecule has 1 atom stereocenters. The summed E-state index contributed by atoms with van der Waals surface area (Å²) in [6.07, 6.45) is 0.0613. The van der Waals surface area contributed by atoms with Crippen LogP contribution in [0.2, 0.25) is 0 Å². The van der Waals surface area contributed by atoms with E-state index in [-0.39, 0.29) is 6.42 Å². The van der Waals surface area contributed by atoms with E-state index in [9.17, 15) is 22.8 Å². The van der Waals surface area contributed by atoms with Gasteiger partial charge in [-0.3, -0.25) is 9.59 Å². The lowest BCUT2D eigenvalue weighted by atomic mass is 10.0. The molecule has 2 aromatic carbocycles. The first kappa shape index (κ1) is 17.5. The molecule has 126 valence electrons. The molecule has 0 saturated carbocycles. The second kappa shape index (κ2) is 7.16. The third kappa shape index (κ3) is 4.13. The number of amides is 2. The van der Waals surface area contributed by atoms with Crippen molar-refractivity contribution >= 4 is 11.8 Å². The maximum atomic E-state index is 13.6. The van der Waals surface area contributed by atoms with Crippen molar-refractivity contribution in [2.75, 3.05) is 0 Å². The predicted octanol–water partition coefficient (Wildman–Crippen LogP) is 2.24. The Morgan fingerprint density at radius 1 is 1.08 bits per heavy atom. The molecule has 0 heterocycles. The molecule has 7 heteroatoms. The molecule has 2 rings (SSSR count). The van der Waals surface area contributed by atoms with E-state index in [0.717, 1.165) is 5.56 Å². The molecule has 2 aromatic rings. The van der Waals surface area contributed by atoms with Crippen LogP contribution < -0.4 is 11.1 Å². The topological polar surface area (TPSA) is 72.2 Å². The number of hydrogen-bond acceptors (Lipinski definition) is 2. The van der Waals surface area contributed by atoms with Crippen LogP contribution in [0.5, 0.6) is 0 Å². The van der Waals surface area contributed by atoms with Crippen molar-refractivity contribution in [3.8, 4) is 0 Å². The Balaban J connectivity index is 2.20. The van der Waals surface area contributed by atoms with Crippen LogP contribution in [0.25, 0.3) is 0 Å². The zero-order valence-corrected chi connectivity index (χ0v) is 12.8. The number of aryl methyl sites for hydroxylation is 1. The molecule has 0 unspecified atom stereocenters. The Bertz CT molecular complexity index is 753. The fourth-order valence-corrected chi connectivity index (χ4v) is 2.17. The Labute approximate surface area is 136 Å². The molecule has 0 radical (unpaired) electrons. The predicted molar refractivity (Wildman–Crippen MR) is 81.6 cm³/mol. The standard InChI is InChI=1S/C17H15F3N2O2/c1-9-2-4-10(5-3-9)6-14(16(21)23)22-17(24)15-12(19)7-11(18)8-13(15)20/h2-5,7-8,14H,6H2,1H3,(H2,21,23)(H,22,24)/t14-/m0/s1. The zero-order chi connectivity index (χ0) is 17.9. The van der Waals surface area contributed by atoms with Crippen molar-refractivity contribution in [1.29, 1.82) is 0 Å². The van der Waals surface area contributed by atoms with Gasteiger partial charge in [-0.05, 0) is 12.5 Å². The van der Waals surface area contributed by atoms with Gasteiger partial charge in [0.2, 0.25) is 5.91 Å². The van der Waals surface area contributed by atoms with Gasteiger partial charge in [0, 0.05) is 18.6 Å². The lowest BCUT2D eigenvalue weighted by molar-refractivity contribution is -0.119. The van der Waals surface area contributed by atoms with E-state index in [0.29, 0.717) is 17.7 Å². The highest BCUT2D eigenvalue weighted by atomic mass is 19.1. The summed E-state index contributed by atoms with van der Waals surface area (Å²) in [7, 11) is 0. The van der Waals surface area contributed by atoms with Crippen LogP contribution >= 0.6 is 0 Å². The van der Waals surface area contributed by atoms with E-state index in [4.69, 9.17) is 5.73 Å². The van der Waals surface area contributed by atoms with E-state index in [2.05, 4.69) is 5.32 Å². The van der Waals surface area contributed by atoms with Crippen LogP contribution in [-0.2, 0) is 11.2 Å². The van der Waals surface area contributed by atoms with E-state index in [1.54, 1.807) is 12.1 Å². The maximum Gasteiger partial charge on any atom is 0.257 e. The van der Waals surface area contributed by atoms with Crippen molar-refractivity contribution in [1.82, 2.24) is 5.32 Å². The molecule has 24 heavy (non-hydrogen) atoms. The van der Waals surface area contributed by atoms with Crippen molar-refractivity contribution in [3.05, 3.63) is 70.5 Å². The lowest BCUT2D eigenvalue weighted by Gasteiger charge is -2.16. The van der Waals surface area contributed by atoms with Gasteiger partial charge in [0.1, 0.15) is 29.1 Å². The lowest BCUT2D eigenvalue weighted by Crippen LogP contribution is -2.46. The first-order valence-electron chi connectivity index (χ1n) is 7.08. The minimum absolute atomic E-state index is 0.0613. The van der Waals surface area contributed by atoms with E-state index in [1.807, 2.05) is 19.1 Å². The van der Waals surface area contributed by atoms with E-state index in [1.165, 1.54) is 0 Å². The van der Waals surface area contributed by atoms with E-state index < -0.39 is 40.9 Å². The van der Waals surface area contributed by atoms with Gasteiger partial charge in [-0.1, -0.05) is 29.8 Å². The van der Waals surface area contributed by atoms with E-state index >= 15 is 0 Å². The molecule has 2 amide bonds. The highest BCUT2D eigenvalue weighted by Crippen LogP contribution is 2.15. The van der Waals surface area contributed by atoms with Gasteiger partial charge in [0.15, 0.2) is 0 Å². The number of nitrogens with one attached hydrogen (secondary N) is 1. The zero-order valence-electron chi connectivity index (χ0n) is 12.8. The second-order valence-corrected chi connectivity index (χ2v) is 5.36. The van der Waals surface area contributed by atoms with Gasteiger partial charge >= 0.3 is 0 Å². The number of nitrogens with two attached hydrogens (primary N) is 1. The third-order valence-corrected chi connectivity index (χ3v) is 3.44. The summed E-state index contributed by atoms with van der Waals surface area (Å²) in [4.78, 5) is 23.6. The molecular formula is C17H15F3N2O2. The van der Waals surface area contributed by atoms with Crippen LogP contribution in [-0.4, -0.2) is 17.9 Å². The second-order valence-electron chi connectivity index (χ2n) is 5.36. The third-order valence-electron chi connectivity index (χ3n) is 3.44. The molecule has 0 fully saturated rings. The number of primary amides is 1. The van der Waals surface area contributed by atoms with Gasteiger partial charge < -0.3 is 11.1 Å². The normalized spacial score (nSPS) is 11.8. The van der Waals surface area contributed by atoms with Crippen molar-refractivity contribution < 1.29 is 22.8 Å². The first-order chi connectivity index (χ1) is 11.3. The molecule has 3 N–H and O–H groups in total. The maximum absolute atomic E-state index is 13.6. The molecule has 0 aliphatic carbocycles. The quantitative estimate of drug-likeness (QED) is 0.879. The summed E-state index contributed by atoms with van der Waals surface area (Å²) in [5.74, 6) is -5.90. The number of carbonyl (C=O) groups excluding carboxylic acids is 2. The average Bonchev–Trinajstić information content (AvgIpc) is 2.47. The Kier molecular flexibility index (Phi) is 5.23. The first-order valence-corrected chi connectivity index (χ1v) is 7.08. The Morgan fingerprint density at radius 3 is 2.12 bits per heavy atom. The number of hydrogen-bond donors (Lipinski definition) is 2. The molecule has 0 aromatic heterocycles. The minimum atomic E-state index is -1.36. The van der Waals surface area contributed by atoms with Crippen LogP contribution in [0.1, 0.15) is 21.5 Å². The Morgan fingerprint density at radius 2 is 1.62 bits per heavy atom. The molecule has 0 bridgehead atoms. The molecule has 0 aliphatic rings. The summed E-state index contributed by atoms with van der Waals surface area (Å²) >= 11 is 0. The monoisotopic (exact) mass is 336 g/mol. The Hall–Kier alpha value is -2.83.